The predicted octanol–water partition coefficient (Wildman–Crippen LogP) is 5.85. The lowest BCUT2D eigenvalue weighted by molar-refractivity contribution is 0.356. The highest BCUT2D eigenvalue weighted by atomic mass is 79.9. The highest BCUT2D eigenvalue weighted by Crippen LogP contribution is 2.31. The van der Waals surface area contributed by atoms with E-state index < -0.39 is 0 Å². The maximum atomic E-state index is 13.2. The summed E-state index contributed by atoms with van der Waals surface area (Å²) in [5.41, 5.74) is 1.17. The predicted molar refractivity (Wildman–Crippen MR) is 88.4 cm³/mol. The molecule has 0 aliphatic rings. The van der Waals surface area contributed by atoms with Crippen LogP contribution in [0.25, 0.3) is 0 Å². The molecular weight excluding hydrogens is 317 g/mol. The summed E-state index contributed by atoms with van der Waals surface area (Å²) in [6.07, 6.45) is 6.16. The van der Waals surface area contributed by atoms with Gasteiger partial charge in [-0.05, 0) is 36.6 Å². The van der Waals surface area contributed by atoms with Crippen LogP contribution in [0.1, 0.15) is 64.5 Å². The molecule has 0 radical (unpaired) electrons. The number of nitrogens with one attached hydrogen (secondary N) is 1. The minimum atomic E-state index is -0.186. The number of rotatable bonds is 9. The molecule has 0 heterocycles. The molecule has 2 unspecified atom stereocenters. The van der Waals surface area contributed by atoms with E-state index in [9.17, 15) is 4.39 Å². The third-order valence-corrected chi connectivity index (χ3v) is 4.59. The fourth-order valence-electron chi connectivity index (χ4n) is 2.67. The largest absolute Gasteiger partial charge is 0.310 e. The second kappa shape index (κ2) is 9.51. The Morgan fingerprint density at radius 2 is 2.00 bits per heavy atom. The van der Waals surface area contributed by atoms with Gasteiger partial charge in [0.1, 0.15) is 5.82 Å². The first kappa shape index (κ1) is 17.6. The topological polar surface area (TPSA) is 12.0 Å². The van der Waals surface area contributed by atoms with Gasteiger partial charge in [-0.1, -0.05) is 68.5 Å². The summed E-state index contributed by atoms with van der Waals surface area (Å²) in [6.45, 7) is 7.56. The standard InChI is InChI=1S/C17H27BrFN/c1-4-7-8-13(5-2)11-17(20-6-3)15-10-9-14(19)12-16(15)18/h9-10,12-13,17,20H,4-8,11H2,1-3H3. The Balaban J connectivity index is 2.81. The van der Waals surface area contributed by atoms with E-state index in [0.717, 1.165) is 23.4 Å². The van der Waals surface area contributed by atoms with Crippen LogP contribution in [0, 0.1) is 11.7 Å². The molecule has 1 N–H and O–H groups in total. The summed E-state index contributed by atoms with van der Waals surface area (Å²) in [6, 6.07) is 5.32. The number of halogens is 2. The lowest BCUT2D eigenvalue weighted by atomic mass is 9.89. The van der Waals surface area contributed by atoms with Gasteiger partial charge in [-0.3, -0.25) is 0 Å². The molecule has 0 fully saturated rings. The molecule has 1 rings (SSSR count). The van der Waals surface area contributed by atoms with Crippen LogP contribution in [-0.2, 0) is 0 Å². The van der Waals surface area contributed by atoms with E-state index in [2.05, 4.69) is 42.0 Å². The van der Waals surface area contributed by atoms with Gasteiger partial charge >= 0.3 is 0 Å². The van der Waals surface area contributed by atoms with Gasteiger partial charge in [0.25, 0.3) is 0 Å². The van der Waals surface area contributed by atoms with Crippen LogP contribution in [0.3, 0.4) is 0 Å². The average Bonchev–Trinajstić information content (AvgIpc) is 2.42. The van der Waals surface area contributed by atoms with Gasteiger partial charge in [0.15, 0.2) is 0 Å². The minimum absolute atomic E-state index is 0.186. The minimum Gasteiger partial charge on any atom is -0.310 e. The molecule has 1 nitrogen and oxygen atoms in total. The fraction of sp³-hybridized carbons (Fsp3) is 0.647. The molecule has 114 valence electrons. The van der Waals surface area contributed by atoms with Gasteiger partial charge in [0, 0.05) is 10.5 Å². The highest BCUT2D eigenvalue weighted by Gasteiger charge is 2.18. The number of hydrogen-bond acceptors (Lipinski definition) is 1. The second-order valence-corrected chi connectivity index (χ2v) is 6.28. The maximum absolute atomic E-state index is 13.2. The van der Waals surface area contributed by atoms with Crippen LogP contribution >= 0.6 is 15.9 Å². The summed E-state index contributed by atoms with van der Waals surface area (Å²) >= 11 is 3.50. The van der Waals surface area contributed by atoms with Crippen LogP contribution < -0.4 is 5.32 Å². The molecule has 1 aromatic carbocycles. The van der Waals surface area contributed by atoms with Crippen LogP contribution in [0.15, 0.2) is 22.7 Å². The zero-order valence-electron chi connectivity index (χ0n) is 12.9. The first-order chi connectivity index (χ1) is 9.62. The van der Waals surface area contributed by atoms with Gasteiger partial charge in [0.05, 0.1) is 0 Å². The van der Waals surface area contributed by atoms with Crippen molar-refractivity contribution in [3.8, 4) is 0 Å². The van der Waals surface area contributed by atoms with Crippen LogP contribution in [0.5, 0.6) is 0 Å². The SMILES string of the molecule is CCCCC(CC)CC(NCC)c1ccc(F)cc1Br. The van der Waals surface area contributed by atoms with Crippen molar-refractivity contribution in [2.45, 2.75) is 58.9 Å². The van der Waals surface area contributed by atoms with Crippen LogP contribution in [0.4, 0.5) is 4.39 Å². The molecule has 0 aromatic heterocycles. The molecule has 1 aromatic rings. The Morgan fingerprint density at radius 3 is 2.55 bits per heavy atom. The first-order valence-electron chi connectivity index (χ1n) is 7.80. The van der Waals surface area contributed by atoms with E-state index in [0.29, 0.717) is 6.04 Å². The molecule has 0 saturated carbocycles. The Kier molecular flexibility index (Phi) is 8.39. The normalized spacial score (nSPS) is 14.2. The fourth-order valence-corrected chi connectivity index (χ4v) is 3.29. The molecular formula is C17H27BrFN. The summed E-state index contributed by atoms with van der Waals surface area (Å²) in [5.74, 6) is 0.546. The third-order valence-electron chi connectivity index (χ3n) is 3.90. The number of unbranched alkanes of at least 4 members (excludes halogenated alkanes) is 1. The van der Waals surface area contributed by atoms with Crippen molar-refractivity contribution in [3.63, 3.8) is 0 Å². The van der Waals surface area contributed by atoms with Gasteiger partial charge in [-0.25, -0.2) is 4.39 Å². The Bertz CT molecular complexity index is 395. The molecule has 0 aliphatic heterocycles. The molecule has 2 atom stereocenters. The highest BCUT2D eigenvalue weighted by molar-refractivity contribution is 9.10. The summed E-state index contributed by atoms with van der Waals surface area (Å²) in [5, 5.41) is 3.55. The van der Waals surface area contributed by atoms with Gasteiger partial charge in [-0.15, -0.1) is 0 Å². The van der Waals surface area contributed by atoms with E-state index in [4.69, 9.17) is 0 Å². The van der Waals surface area contributed by atoms with Crippen molar-refractivity contribution >= 4 is 15.9 Å². The molecule has 20 heavy (non-hydrogen) atoms. The van der Waals surface area contributed by atoms with E-state index in [1.807, 2.05) is 6.07 Å². The van der Waals surface area contributed by atoms with E-state index in [-0.39, 0.29) is 5.82 Å². The zero-order chi connectivity index (χ0) is 15.0. The van der Waals surface area contributed by atoms with E-state index in [1.54, 1.807) is 12.1 Å². The van der Waals surface area contributed by atoms with E-state index >= 15 is 0 Å². The van der Waals surface area contributed by atoms with Crippen molar-refractivity contribution in [1.29, 1.82) is 0 Å². The molecule has 0 saturated heterocycles. The monoisotopic (exact) mass is 343 g/mol. The van der Waals surface area contributed by atoms with Crippen molar-refractivity contribution in [1.82, 2.24) is 5.32 Å². The van der Waals surface area contributed by atoms with Crippen molar-refractivity contribution in [2.75, 3.05) is 6.54 Å². The molecule has 0 spiro atoms. The maximum Gasteiger partial charge on any atom is 0.124 e. The lowest BCUT2D eigenvalue weighted by Crippen LogP contribution is -2.24. The number of benzene rings is 1. The summed E-state index contributed by atoms with van der Waals surface area (Å²) in [7, 11) is 0. The van der Waals surface area contributed by atoms with Gasteiger partial charge < -0.3 is 5.32 Å². The quantitative estimate of drug-likeness (QED) is 0.593. The Labute approximate surface area is 131 Å². The first-order valence-corrected chi connectivity index (χ1v) is 8.59. The Hall–Kier alpha value is -0.410. The van der Waals surface area contributed by atoms with Crippen molar-refractivity contribution in [3.05, 3.63) is 34.1 Å². The Morgan fingerprint density at radius 1 is 1.25 bits per heavy atom. The van der Waals surface area contributed by atoms with Crippen LogP contribution in [0.2, 0.25) is 0 Å². The van der Waals surface area contributed by atoms with E-state index in [1.165, 1.54) is 31.2 Å². The lowest BCUT2D eigenvalue weighted by Gasteiger charge is -2.25. The number of hydrogen-bond donors (Lipinski definition) is 1. The van der Waals surface area contributed by atoms with Crippen LogP contribution in [-0.4, -0.2) is 6.54 Å². The summed E-state index contributed by atoms with van der Waals surface area (Å²) < 4.78 is 14.1. The molecule has 0 aliphatic carbocycles. The third kappa shape index (κ3) is 5.53. The smallest absolute Gasteiger partial charge is 0.124 e. The molecule has 0 bridgehead atoms. The average molecular weight is 344 g/mol. The zero-order valence-corrected chi connectivity index (χ0v) is 14.5. The van der Waals surface area contributed by atoms with Crippen molar-refractivity contribution < 1.29 is 4.39 Å². The van der Waals surface area contributed by atoms with Gasteiger partial charge in [0.2, 0.25) is 0 Å². The van der Waals surface area contributed by atoms with Crippen molar-refractivity contribution in [2.24, 2.45) is 5.92 Å². The summed E-state index contributed by atoms with van der Waals surface area (Å²) in [4.78, 5) is 0. The molecule has 3 heteroatoms. The second-order valence-electron chi connectivity index (χ2n) is 5.43. The molecule has 0 amide bonds. The van der Waals surface area contributed by atoms with Gasteiger partial charge in [-0.2, -0.15) is 0 Å².